The number of nitrogens with zero attached hydrogens (tertiary/aromatic N) is 3. The molecule has 1 heterocycles. The summed E-state index contributed by atoms with van der Waals surface area (Å²) in [6.45, 7) is 7.52. The summed E-state index contributed by atoms with van der Waals surface area (Å²) in [6.07, 6.45) is 1.36. The Balaban J connectivity index is 0.00000104. The Kier molecular flexibility index (Phi) is 14.0. The number of allylic oxidation sites excluding steroid dienone is 1. The van der Waals surface area contributed by atoms with Crippen LogP contribution in [0.3, 0.4) is 0 Å². The van der Waals surface area contributed by atoms with Gasteiger partial charge in [0.15, 0.2) is 11.2 Å². The summed E-state index contributed by atoms with van der Waals surface area (Å²) in [4.78, 5) is 16.8. The molecule has 1 unspecified atom stereocenters. The number of rotatable bonds is 7. The molecule has 0 aliphatic carbocycles. The topological polar surface area (TPSA) is 91.6 Å². The van der Waals surface area contributed by atoms with Gasteiger partial charge in [0.1, 0.15) is 5.82 Å². The Morgan fingerprint density at radius 2 is 1.73 bits per heavy atom. The van der Waals surface area contributed by atoms with Crippen LogP contribution in [0, 0.1) is 5.82 Å². The third-order valence-corrected chi connectivity index (χ3v) is 6.23. The summed E-state index contributed by atoms with van der Waals surface area (Å²) in [6, 6.07) is 14.3. The van der Waals surface area contributed by atoms with Crippen molar-refractivity contribution in [3.63, 3.8) is 0 Å². The van der Waals surface area contributed by atoms with Gasteiger partial charge >= 0.3 is 0 Å². The van der Waals surface area contributed by atoms with Gasteiger partial charge in [0.2, 0.25) is 0 Å². The third kappa shape index (κ3) is 10.2. The van der Waals surface area contributed by atoms with E-state index in [-0.39, 0.29) is 5.91 Å². The van der Waals surface area contributed by atoms with Crippen molar-refractivity contribution in [2.75, 3.05) is 37.3 Å². The molecule has 2 aromatic carbocycles. The fraction of sp³-hybridized carbons (Fsp3) is 0.231. The summed E-state index contributed by atoms with van der Waals surface area (Å²) >= 11 is 10.0. The SMILES string of the molecule is C=C(C)Cl.CCN(c1ccc(C(=O)Nc2ccc(Cl)c(-c3cc(F)ccn3)c2)cc1)S(=O)N(C)C.CN. The van der Waals surface area contributed by atoms with E-state index in [2.05, 4.69) is 22.6 Å². The van der Waals surface area contributed by atoms with Crippen LogP contribution in [0.25, 0.3) is 11.3 Å². The van der Waals surface area contributed by atoms with Gasteiger partial charge in [-0.3, -0.25) is 14.1 Å². The standard InChI is InChI=1S/C22H22ClFN4O2S.C3H5Cl.CH5N/c1-4-28(31(30)27(2)3)18-8-5-15(6-9-18)22(29)26-17-7-10-20(23)19(14-17)21-13-16(24)11-12-25-21;1-3(2)4;1-2/h5-14H,4H2,1-3H3,(H,26,29);1H2,2H3;2H2,1H3. The van der Waals surface area contributed by atoms with E-state index in [1.54, 1.807) is 72.1 Å². The quantitative estimate of drug-likeness (QED) is 0.361. The van der Waals surface area contributed by atoms with E-state index < -0.39 is 17.0 Å². The number of hydrogen-bond acceptors (Lipinski definition) is 4. The van der Waals surface area contributed by atoms with Gasteiger partial charge in [-0.25, -0.2) is 12.9 Å². The number of carbonyl (C=O) groups excluding carboxylic acids is 1. The first kappa shape index (κ1) is 32.2. The third-order valence-electron chi connectivity index (χ3n) is 4.43. The molecule has 1 amide bonds. The zero-order valence-corrected chi connectivity index (χ0v) is 23.8. The molecule has 0 aliphatic heterocycles. The highest BCUT2D eigenvalue weighted by Crippen LogP contribution is 2.30. The lowest BCUT2D eigenvalue weighted by atomic mass is 10.1. The summed E-state index contributed by atoms with van der Waals surface area (Å²) in [7, 11) is 4.97. The highest BCUT2D eigenvalue weighted by Gasteiger charge is 2.16. The molecule has 3 aromatic rings. The second-order valence-corrected chi connectivity index (χ2v) is 10.2. The van der Waals surface area contributed by atoms with Crippen molar-refractivity contribution >= 4 is 51.7 Å². The first-order valence-corrected chi connectivity index (χ1v) is 12.9. The lowest BCUT2D eigenvalue weighted by Gasteiger charge is -2.24. The van der Waals surface area contributed by atoms with Crippen molar-refractivity contribution in [2.24, 2.45) is 5.73 Å². The van der Waals surface area contributed by atoms with Crippen molar-refractivity contribution in [2.45, 2.75) is 13.8 Å². The predicted molar refractivity (Wildman–Crippen MR) is 155 cm³/mol. The maximum atomic E-state index is 13.5. The zero-order chi connectivity index (χ0) is 28.1. The number of halogens is 3. The molecule has 0 saturated carbocycles. The largest absolute Gasteiger partial charge is 0.333 e. The van der Waals surface area contributed by atoms with Crippen molar-refractivity contribution in [3.05, 3.63) is 88.8 Å². The minimum absolute atomic E-state index is 0.316. The number of benzene rings is 2. The zero-order valence-electron chi connectivity index (χ0n) is 21.5. The van der Waals surface area contributed by atoms with Crippen LogP contribution >= 0.6 is 23.2 Å². The molecule has 200 valence electrons. The maximum Gasteiger partial charge on any atom is 0.255 e. The molecule has 0 spiro atoms. The predicted octanol–water partition coefficient (Wildman–Crippen LogP) is 6.09. The monoisotopic (exact) mass is 567 g/mol. The summed E-state index contributed by atoms with van der Waals surface area (Å²) in [5.74, 6) is -0.740. The van der Waals surface area contributed by atoms with Gasteiger partial charge in [0, 0.05) is 54.7 Å². The number of aromatic nitrogens is 1. The van der Waals surface area contributed by atoms with Gasteiger partial charge in [-0.1, -0.05) is 29.8 Å². The highest BCUT2D eigenvalue weighted by atomic mass is 35.5. The van der Waals surface area contributed by atoms with Gasteiger partial charge in [0.05, 0.1) is 16.4 Å². The van der Waals surface area contributed by atoms with E-state index in [9.17, 15) is 13.4 Å². The molecule has 0 saturated heterocycles. The Labute approximate surface area is 230 Å². The molecule has 7 nitrogen and oxygen atoms in total. The number of carbonyl (C=O) groups is 1. The van der Waals surface area contributed by atoms with Crippen LogP contribution in [0.15, 0.2) is 72.4 Å². The highest BCUT2D eigenvalue weighted by molar-refractivity contribution is 7.84. The molecule has 0 bridgehead atoms. The van der Waals surface area contributed by atoms with Crippen molar-refractivity contribution in [3.8, 4) is 11.3 Å². The van der Waals surface area contributed by atoms with Gasteiger partial charge in [-0.05, 0) is 69.4 Å². The van der Waals surface area contributed by atoms with Gasteiger partial charge < -0.3 is 11.1 Å². The average Bonchev–Trinajstić information content (AvgIpc) is 2.86. The number of amides is 1. The van der Waals surface area contributed by atoms with Crippen LogP contribution < -0.4 is 15.4 Å². The minimum Gasteiger partial charge on any atom is -0.333 e. The Morgan fingerprint density at radius 3 is 2.24 bits per heavy atom. The van der Waals surface area contributed by atoms with E-state index >= 15 is 0 Å². The van der Waals surface area contributed by atoms with Crippen molar-refractivity contribution in [1.82, 2.24) is 9.29 Å². The first-order chi connectivity index (χ1) is 17.5. The minimum atomic E-state index is -1.31. The first-order valence-electron chi connectivity index (χ1n) is 11.1. The molecule has 37 heavy (non-hydrogen) atoms. The van der Waals surface area contributed by atoms with Crippen LogP contribution in [0.5, 0.6) is 0 Å². The van der Waals surface area contributed by atoms with E-state index in [0.29, 0.717) is 39.1 Å². The maximum absolute atomic E-state index is 13.5. The van der Waals surface area contributed by atoms with E-state index in [1.165, 1.54) is 25.4 Å². The number of anilines is 2. The van der Waals surface area contributed by atoms with Crippen molar-refractivity contribution < 1.29 is 13.4 Å². The number of pyridine rings is 1. The lowest BCUT2D eigenvalue weighted by molar-refractivity contribution is 0.102. The van der Waals surface area contributed by atoms with Crippen LogP contribution in [0.1, 0.15) is 24.2 Å². The average molecular weight is 569 g/mol. The van der Waals surface area contributed by atoms with Crippen LogP contribution in [-0.4, -0.2) is 47.1 Å². The Morgan fingerprint density at radius 1 is 1.14 bits per heavy atom. The van der Waals surface area contributed by atoms with Gasteiger partial charge in [-0.2, -0.15) is 0 Å². The number of nitrogens with one attached hydrogen (secondary N) is 1. The lowest BCUT2D eigenvalue weighted by Crippen LogP contribution is -2.34. The van der Waals surface area contributed by atoms with Crippen LogP contribution in [0.2, 0.25) is 5.02 Å². The van der Waals surface area contributed by atoms with Crippen LogP contribution in [-0.2, 0) is 11.2 Å². The molecule has 11 heteroatoms. The van der Waals surface area contributed by atoms with Crippen LogP contribution in [0.4, 0.5) is 15.8 Å². The van der Waals surface area contributed by atoms with E-state index in [1.807, 2.05) is 6.92 Å². The fourth-order valence-electron chi connectivity index (χ4n) is 2.91. The second-order valence-electron chi connectivity index (χ2n) is 7.47. The molecule has 3 N–H and O–H groups in total. The molecular weight excluding hydrogens is 536 g/mol. The smallest absolute Gasteiger partial charge is 0.255 e. The second kappa shape index (κ2) is 16.1. The molecule has 1 aromatic heterocycles. The van der Waals surface area contributed by atoms with Gasteiger partial charge in [0.25, 0.3) is 5.91 Å². The summed E-state index contributed by atoms with van der Waals surface area (Å²) in [5.41, 5.74) is 7.08. The van der Waals surface area contributed by atoms with Gasteiger partial charge in [-0.15, -0.1) is 0 Å². The Bertz CT molecular complexity index is 1210. The molecule has 3 rings (SSSR count). The van der Waals surface area contributed by atoms with E-state index in [4.69, 9.17) is 23.2 Å². The molecule has 0 radical (unpaired) electrons. The number of nitrogens with two attached hydrogens (primary N) is 1. The van der Waals surface area contributed by atoms with E-state index in [0.717, 1.165) is 5.69 Å². The Hall–Kier alpha value is -2.82. The fourth-order valence-corrected chi connectivity index (χ4v) is 4.05. The summed E-state index contributed by atoms with van der Waals surface area (Å²) in [5, 5.41) is 3.85. The normalized spacial score (nSPS) is 10.9. The molecule has 1 atom stereocenters. The van der Waals surface area contributed by atoms with Crippen molar-refractivity contribution in [1.29, 1.82) is 0 Å². The summed E-state index contributed by atoms with van der Waals surface area (Å²) < 4.78 is 29.3. The molecule has 0 fully saturated rings. The molecular formula is C26H32Cl2FN5O2S. The number of hydrogen-bond donors (Lipinski definition) is 2. The molecule has 0 aliphatic rings.